The molecule has 1 aliphatic heterocycles. The summed E-state index contributed by atoms with van der Waals surface area (Å²) in [4.78, 5) is 7.25. The van der Waals surface area contributed by atoms with E-state index in [1.54, 1.807) is 18.3 Å². The summed E-state index contributed by atoms with van der Waals surface area (Å²) in [7, 11) is -3.97. The van der Waals surface area contributed by atoms with E-state index in [0.717, 1.165) is 19.1 Å². The first-order valence-electron chi connectivity index (χ1n) is 9.86. The number of alkyl halides is 3. The van der Waals surface area contributed by atoms with Gasteiger partial charge < -0.3 is 4.74 Å². The van der Waals surface area contributed by atoms with Crippen LogP contribution in [0.1, 0.15) is 31.1 Å². The molecule has 0 N–H and O–H groups in total. The van der Waals surface area contributed by atoms with E-state index in [2.05, 4.69) is 36.1 Å². The number of halogens is 4. The van der Waals surface area contributed by atoms with E-state index in [4.69, 9.17) is 4.74 Å². The van der Waals surface area contributed by atoms with Gasteiger partial charge in [0.25, 0.3) is 0 Å². The van der Waals surface area contributed by atoms with Crippen LogP contribution in [-0.2, 0) is 20.8 Å². The van der Waals surface area contributed by atoms with Crippen LogP contribution in [0.25, 0.3) is 27.9 Å². The Morgan fingerprint density at radius 3 is 2.64 bits per heavy atom. The molecule has 0 bridgehead atoms. The number of rotatable bonds is 3. The third kappa shape index (κ3) is 3.89. The molecule has 5 rings (SSSR count). The first-order chi connectivity index (χ1) is 15.5. The molecule has 174 valence electrons. The Balaban J connectivity index is 1.87. The zero-order chi connectivity index (χ0) is 23.5. The first-order valence-corrected chi connectivity index (χ1v) is 12.5. The average molecular weight is 545 g/mol. The zero-order valence-corrected chi connectivity index (χ0v) is 19.4. The minimum atomic E-state index is -4.84. The van der Waals surface area contributed by atoms with Gasteiger partial charge in [-0.25, -0.2) is 27.6 Å². The molecule has 4 aromatic rings. The fraction of sp³-hybridized carbons (Fsp3) is 0.368. The van der Waals surface area contributed by atoms with Crippen molar-refractivity contribution in [1.82, 2.24) is 29.4 Å². The van der Waals surface area contributed by atoms with Gasteiger partial charge in [-0.2, -0.15) is 18.3 Å². The topological polar surface area (TPSA) is 104 Å². The van der Waals surface area contributed by atoms with E-state index in [0.29, 0.717) is 40.2 Å². The molecule has 9 nitrogen and oxygen atoms in total. The van der Waals surface area contributed by atoms with Crippen molar-refractivity contribution in [3.8, 4) is 11.4 Å². The second kappa shape index (κ2) is 7.74. The molecule has 5 heterocycles. The highest BCUT2D eigenvalue weighted by molar-refractivity contribution is 9.10. The second-order valence-corrected chi connectivity index (χ2v) is 10.5. The molecular weight excluding hydrogens is 529 g/mol. The van der Waals surface area contributed by atoms with Crippen LogP contribution in [0.3, 0.4) is 0 Å². The largest absolute Gasteiger partial charge is 0.420 e. The maximum atomic E-state index is 13.9. The van der Waals surface area contributed by atoms with Crippen molar-refractivity contribution in [3.63, 3.8) is 0 Å². The van der Waals surface area contributed by atoms with E-state index < -0.39 is 38.7 Å². The van der Waals surface area contributed by atoms with Crippen molar-refractivity contribution in [1.29, 1.82) is 0 Å². The summed E-state index contributed by atoms with van der Waals surface area (Å²) < 4.78 is 75.2. The molecule has 0 radical (unpaired) electrons. The van der Waals surface area contributed by atoms with Crippen molar-refractivity contribution in [2.45, 2.75) is 36.8 Å². The van der Waals surface area contributed by atoms with Gasteiger partial charge in [-0.1, -0.05) is 0 Å². The lowest BCUT2D eigenvalue weighted by Gasteiger charge is -2.22. The Hall–Kier alpha value is -2.58. The zero-order valence-electron chi connectivity index (χ0n) is 17.0. The lowest BCUT2D eigenvalue weighted by Crippen LogP contribution is -2.19. The lowest BCUT2D eigenvalue weighted by molar-refractivity contribution is -0.137. The van der Waals surface area contributed by atoms with Crippen molar-refractivity contribution < 1.29 is 26.3 Å². The molecule has 1 aliphatic rings. The summed E-state index contributed by atoms with van der Waals surface area (Å²) >= 11 is 3.36. The number of fused-ring (bicyclic) bond motifs is 3. The van der Waals surface area contributed by atoms with Crippen molar-refractivity contribution in [3.05, 3.63) is 34.6 Å². The lowest BCUT2D eigenvalue weighted by atomic mass is 10.1. The van der Waals surface area contributed by atoms with Crippen LogP contribution in [0.4, 0.5) is 13.2 Å². The molecule has 0 spiro atoms. The molecule has 0 saturated carbocycles. The quantitative estimate of drug-likeness (QED) is 0.358. The van der Waals surface area contributed by atoms with Crippen LogP contribution >= 0.6 is 15.9 Å². The summed E-state index contributed by atoms with van der Waals surface area (Å²) in [6.45, 7) is 0.486. The Kier molecular flexibility index (Phi) is 5.21. The van der Waals surface area contributed by atoms with Crippen LogP contribution < -0.4 is 0 Å². The summed E-state index contributed by atoms with van der Waals surface area (Å²) in [5, 5.41) is 8.54. The highest BCUT2D eigenvalue weighted by Gasteiger charge is 2.38. The van der Waals surface area contributed by atoms with Gasteiger partial charge in [-0.05, 0) is 47.3 Å². The van der Waals surface area contributed by atoms with Crippen molar-refractivity contribution in [2.75, 3.05) is 12.9 Å². The van der Waals surface area contributed by atoms with Gasteiger partial charge in [0.05, 0.1) is 10.9 Å². The molecule has 1 unspecified atom stereocenters. The minimum absolute atomic E-state index is 0.142. The number of sulfone groups is 1. The highest BCUT2D eigenvalue weighted by Crippen LogP contribution is 2.40. The standard InChI is InChI=1S/C19H16BrF3N6O3S/c1-33(30,31)18-24-8-11(19(21,22)23)15(25-18)16-14-12-6-5-10(20)9-28(12)27-17(14)29(26-16)13-4-2-3-7-32-13/h5-6,8-9,13H,2-4,7H2,1H3. The molecule has 33 heavy (non-hydrogen) atoms. The van der Waals surface area contributed by atoms with E-state index in [9.17, 15) is 21.6 Å². The number of ether oxygens (including phenoxy) is 1. The van der Waals surface area contributed by atoms with E-state index in [-0.39, 0.29) is 5.69 Å². The van der Waals surface area contributed by atoms with E-state index in [1.807, 2.05) is 0 Å². The van der Waals surface area contributed by atoms with Gasteiger partial charge in [0.1, 0.15) is 17.0 Å². The number of aromatic nitrogens is 6. The SMILES string of the molecule is CS(=O)(=O)c1ncc(C(F)(F)F)c(-c2nn(C3CCCCO3)c3nn4cc(Br)ccc4c23)n1. The van der Waals surface area contributed by atoms with Crippen LogP contribution in [0.2, 0.25) is 0 Å². The van der Waals surface area contributed by atoms with Crippen molar-refractivity contribution >= 4 is 42.3 Å². The third-order valence-corrected chi connectivity index (χ3v) is 6.62. The summed E-state index contributed by atoms with van der Waals surface area (Å²) in [6.07, 6.45) is -0.0497. The number of nitrogens with zero attached hydrogens (tertiary/aromatic N) is 6. The summed E-state index contributed by atoms with van der Waals surface area (Å²) in [5.74, 6) is 0. The van der Waals surface area contributed by atoms with Gasteiger partial charge >= 0.3 is 6.18 Å². The van der Waals surface area contributed by atoms with Crippen LogP contribution in [0.5, 0.6) is 0 Å². The average Bonchev–Trinajstić information content (AvgIpc) is 3.29. The highest BCUT2D eigenvalue weighted by atomic mass is 79.9. The van der Waals surface area contributed by atoms with Crippen LogP contribution in [0, 0.1) is 0 Å². The molecule has 0 aromatic carbocycles. The molecule has 1 fully saturated rings. The third-order valence-electron chi connectivity index (χ3n) is 5.29. The minimum Gasteiger partial charge on any atom is -0.356 e. The van der Waals surface area contributed by atoms with Gasteiger partial charge in [-0.15, -0.1) is 5.10 Å². The number of hydrogen-bond donors (Lipinski definition) is 0. The summed E-state index contributed by atoms with van der Waals surface area (Å²) in [5.41, 5.74) is -1.17. The Labute approximate surface area is 193 Å². The Bertz CT molecular complexity index is 1490. The van der Waals surface area contributed by atoms with Gasteiger partial charge in [0, 0.05) is 29.7 Å². The monoisotopic (exact) mass is 544 g/mol. The van der Waals surface area contributed by atoms with Gasteiger partial charge in [0.15, 0.2) is 11.9 Å². The fourth-order valence-corrected chi connectivity index (χ4v) is 4.65. The van der Waals surface area contributed by atoms with Crippen molar-refractivity contribution in [2.24, 2.45) is 0 Å². The first kappa shape index (κ1) is 22.2. The maximum absolute atomic E-state index is 13.9. The molecule has 0 aliphatic carbocycles. The molecule has 4 aromatic heterocycles. The van der Waals surface area contributed by atoms with E-state index in [1.165, 1.54) is 9.20 Å². The van der Waals surface area contributed by atoms with Gasteiger partial charge in [-0.3, -0.25) is 0 Å². The molecule has 1 saturated heterocycles. The van der Waals surface area contributed by atoms with Crippen LogP contribution in [-0.4, -0.2) is 50.6 Å². The number of hydrogen-bond acceptors (Lipinski definition) is 7. The predicted molar refractivity (Wildman–Crippen MR) is 114 cm³/mol. The predicted octanol–water partition coefficient (Wildman–Crippen LogP) is 4.02. The Morgan fingerprint density at radius 2 is 1.97 bits per heavy atom. The smallest absolute Gasteiger partial charge is 0.356 e. The maximum Gasteiger partial charge on any atom is 0.420 e. The Morgan fingerprint density at radius 1 is 1.18 bits per heavy atom. The summed E-state index contributed by atoms with van der Waals surface area (Å²) in [6, 6.07) is 3.41. The number of pyridine rings is 1. The molecule has 1 atom stereocenters. The van der Waals surface area contributed by atoms with Gasteiger partial charge in [0.2, 0.25) is 15.0 Å². The molecule has 0 amide bonds. The van der Waals surface area contributed by atoms with E-state index >= 15 is 0 Å². The fourth-order valence-electron chi connectivity index (χ4n) is 3.82. The molecule has 14 heteroatoms. The molecular formula is C19H16BrF3N6O3S. The van der Waals surface area contributed by atoms with Crippen LogP contribution in [0.15, 0.2) is 34.2 Å². The normalized spacial score (nSPS) is 17.8. The second-order valence-electron chi connectivity index (χ2n) is 7.67.